The van der Waals surface area contributed by atoms with Crippen LogP contribution in [-0.4, -0.2) is 25.2 Å². The Bertz CT molecular complexity index is 1190. The van der Waals surface area contributed by atoms with Crippen molar-refractivity contribution in [2.75, 3.05) is 13.2 Å². The molecule has 0 fully saturated rings. The Balaban J connectivity index is 1.33. The summed E-state index contributed by atoms with van der Waals surface area (Å²) in [5.74, 6) is 1.05. The normalized spacial score (nSPS) is 10.9. The Hall–Kier alpha value is -3.80. The van der Waals surface area contributed by atoms with Gasteiger partial charge in [-0.3, -0.25) is 0 Å². The minimum absolute atomic E-state index is 0.288. The fraction of sp³-hybridized carbons (Fsp3) is 0.524. The lowest BCUT2D eigenvalue weighted by atomic mass is 10.1. The molecule has 0 unspecified atom stereocenters. The fourth-order valence-corrected chi connectivity index (χ4v) is 5.51. The van der Waals surface area contributed by atoms with E-state index in [1.807, 2.05) is 0 Å². The molecule has 0 amide bonds. The number of ether oxygens (including phenoxy) is 4. The number of esters is 2. The first-order valence-corrected chi connectivity index (χ1v) is 18.6. The second-order valence-electron chi connectivity index (χ2n) is 12.7. The molecule has 0 heterocycles. The Labute approximate surface area is 289 Å². The second-order valence-corrected chi connectivity index (χ2v) is 12.7. The van der Waals surface area contributed by atoms with Crippen molar-refractivity contribution in [2.45, 2.75) is 129 Å². The number of rotatable bonds is 26. The molecular formula is C42H58O6. The number of carbonyl (C=O) groups excluding carboxylic acids is 2. The number of benzene rings is 3. The van der Waals surface area contributed by atoms with E-state index < -0.39 is 11.9 Å². The highest BCUT2D eigenvalue weighted by molar-refractivity contribution is 5.92. The van der Waals surface area contributed by atoms with Crippen molar-refractivity contribution in [3.63, 3.8) is 0 Å². The average molecular weight is 659 g/mol. The molecule has 0 aliphatic rings. The summed E-state index contributed by atoms with van der Waals surface area (Å²) in [7, 11) is 0. The van der Waals surface area contributed by atoms with Crippen LogP contribution in [0.25, 0.3) is 0 Å². The van der Waals surface area contributed by atoms with Gasteiger partial charge in [-0.25, -0.2) is 9.59 Å². The molecule has 0 spiro atoms. The molecule has 0 aliphatic carbocycles. The van der Waals surface area contributed by atoms with Crippen molar-refractivity contribution in [3.05, 3.63) is 83.9 Å². The van der Waals surface area contributed by atoms with Crippen LogP contribution in [0.1, 0.15) is 150 Å². The van der Waals surface area contributed by atoms with Gasteiger partial charge in [-0.2, -0.15) is 0 Å². The summed E-state index contributed by atoms with van der Waals surface area (Å²) < 4.78 is 22.8. The predicted molar refractivity (Wildman–Crippen MR) is 195 cm³/mol. The summed E-state index contributed by atoms with van der Waals surface area (Å²) in [6, 6.07) is 20.4. The highest BCUT2D eigenvalue weighted by Gasteiger charge is 2.13. The van der Waals surface area contributed by atoms with E-state index >= 15 is 0 Å². The van der Waals surface area contributed by atoms with Gasteiger partial charge in [-0.15, -0.1) is 0 Å². The predicted octanol–water partition coefficient (Wildman–Crippen LogP) is 11.9. The monoisotopic (exact) mass is 658 g/mol. The van der Waals surface area contributed by atoms with E-state index in [2.05, 4.69) is 13.8 Å². The molecule has 262 valence electrons. The van der Waals surface area contributed by atoms with Gasteiger partial charge in [0.05, 0.1) is 24.3 Å². The lowest BCUT2D eigenvalue weighted by Gasteiger charge is -2.09. The molecule has 0 saturated heterocycles. The summed E-state index contributed by atoms with van der Waals surface area (Å²) in [5.41, 5.74) is 0.820. The summed E-state index contributed by atoms with van der Waals surface area (Å²) in [4.78, 5) is 25.5. The Kier molecular flexibility index (Phi) is 19.6. The van der Waals surface area contributed by atoms with E-state index in [0.29, 0.717) is 24.3 Å². The van der Waals surface area contributed by atoms with Crippen LogP contribution in [0.5, 0.6) is 23.0 Å². The van der Waals surface area contributed by atoms with Gasteiger partial charge in [0, 0.05) is 6.07 Å². The van der Waals surface area contributed by atoms with E-state index in [1.165, 1.54) is 109 Å². The molecule has 0 aromatic heterocycles. The number of carbonyl (C=O) groups is 2. The van der Waals surface area contributed by atoms with Crippen molar-refractivity contribution in [3.8, 4) is 23.0 Å². The third-order valence-corrected chi connectivity index (χ3v) is 8.44. The maximum Gasteiger partial charge on any atom is 0.343 e. The largest absolute Gasteiger partial charge is 0.494 e. The zero-order valence-electron chi connectivity index (χ0n) is 29.5. The molecule has 0 bridgehead atoms. The Morgan fingerprint density at radius 2 is 0.750 bits per heavy atom. The molecule has 48 heavy (non-hydrogen) atoms. The molecule has 0 radical (unpaired) electrons. The Morgan fingerprint density at radius 3 is 1.10 bits per heavy atom. The van der Waals surface area contributed by atoms with Crippen LogP contribution in [-0.2, 0) is 0 Å². The van der Waals surface area contributed by atoms with E-state index in [4.69, 9.17) is 18.9 Å². The van der Waals surface area contributed by atoms with Gasteiger partial charge in [-0.1, -0.05) is 123 Å². The molecule has 3 aromatic rings. The molecule has 6 heteroatoms. The van der Waals surface area contributed by atoms with Crippen molar-refractivity contribution in [2.24, 2.45) is 0 Å². The van der Waals surface area contributed by atoms with Gasteiger partial charge in [0.15, 0.2) is 0 Å². The van der Waals surface area contributed by atoms with Gasteiger partial charge in [0.25, 0.3) is 0 Å². The Morgan fingerprint density at radius 1 is 0.417 bits per heavy atom. The van der Waals surface area contributed by atoms with Gasteiger partial charge in [0.2, 0.25) is 0 Å². The third-order valence-electron chi connectivity index (χ3n) is 8.44. The van der Waals surface area contributed by atoms with E-state index in [-0.39, 0.29) is 11.5 Å². The topological polar surface area (TPSA) is 71.1 Å². The fourth-order valence-electron chi connectivity index (χ4n) is 5.51. The van der Waals surface area contributed by atoms with Crippen molar-refractivity contribution >= 4 is 11.9 Å². The highest BCUT2D eigenvalue weighted by atomic mass is 16.5. The zero-order valence-corrected chi connectivity index (χ0v) is 29.5. The standard InChI is InChI=1S/C42H58O6/c1-3-5-7-9-11-13-15-17-19-32-45-37-28-24-35(25-29-37)41(43)47-39-22-21-23-40(34-39)48-42(44)36-26-30-38(31-27-36)46-33-20-18-16-14-12-10-8-6-4-2/h21-31,34H,3-20,32-33H2,1-2H3. The van der Waals surface area contributed by atoms with Crippen LogP contribution in [0.15, 0.2) is 72.8 Å². The van der Waals surface area contributed by atoms with E-state index in [1.54, 1.807) is 66.7 Å². The summed E-state index contributed by atoms with van der Waals surface area (Å²) >= 11 is 0. The van der Waals surface area contributed by atoms with Gasteiger partial charge < -0.3 is 18.9 Å². The number of hydrogen-bond acceptors (Lipinski definition) is 6. The summed E-state index contributed by atoms with van der Waals surface area (Å²) in [6.07, 6.45) is 22.9. The van der Waals surface area contributed by atoms with Crippen molar-refractivity contribution < 1.29 is 28.5 Å². The minimum atomic E-state index is -0.498. The SMILES string of the molecule is CCCCCCCCCCCOc1ccc(C(=O)Oc2cccc(OC(=O)c3ccc(OCCCCCCCCCCC)cc3)c2)cc1. The lowest BCUT2D eigenvalue weighted by Crippen LogP contribution is -2.10. The van der Waals surface area contributed by atoms with Crippen molar-refractivity contribution in [1.82, 2.24) is 0 Å². The van der Waals surface area contributed by atoms with Gasteiger partial charge >= 0.3 is 11.9 Å². The smallest absolute Gasteiger partial charge is 0.343 e. The molecule has 0 saturated carbocycles. The van der Waals surface area contributed by atoms with E-state index in [9.17, 15) is 9.59 Å². The van der Waals surface area contributed by atoms with Crippen LogP contribution in [0.4, 0.5) is 0 Å². The molecule has 0 aliphatic heterocycles. The van der Waals surface area contributed by atoms with Gasteiger partial charge in [0.1, 0.15) is 23.0 Å². The molecule has 0 N–H and O–H groups in total. The number of unbranched alkanes of at least 4 members (excludes halogenated alkanes) is 16. The van der Waals surface area contributed by atoms with Gasteiger partial charge in [-0.05, 0) is 73.5 Å². The van der Waals surface area contributed by atoms with Crippen LogP contribution in [0.3, 0.4) is 0 Å². The first kappa shape index (κ1) is 38.6. The maximum atomic E-state index is 12.8. The zero-order chi connectivity index (χ0) is 34.1. The van der Waals surface area contributed by atoms with Crippen LogP contribution < -0.4 is 18.9 Å². The minimum Gasteiger partial charge on any atom is -0.494 e. The lowest BCUT2D eigenvalue weighted by molar-refractivity contribution is 0.0733. The average Bonchev–Trinajstić information content (AvgIpc) is 3.10. The highest BCUT2D eigenvalue weighted by Crippen LogP contribution is 2.23. The first-order chi connectivity index (χ1) is 23.6. The summed E-state index contributed by atoms with van der Waals surface area (Å²) in [5, 5.41) is 0. The van der Waals surface area contributed by atoms with Crippen molar-refractivity contribution in [1.29, 1.82) is 0 Å². The van der Waals surface area contributed by atoms with Crippen LogP contribution in [0, 0.1) is 0 Å². The van der Waals surface area contributed by atoms with Crippen LogP contribution in [0.2, 0.25) is 0 Å². The molecular weight excluding hydrogens is 600 g/mol. The van der Waals surface area contributed by atoms with E-state index in [0.717, 1.165) is 24.3 Å². The third kappa shape index (κ3) is 16.3. The number of hydrogen-bond donors (Lipinski definition) is 0. The first-order valence-electron chi connectivity index (χ1n) is 18.6. The molecule has 3 aromatic carbocycles. The maximum absolute atomic E-state index is 12.8. The second kappa shape index (κ2) is 24.4. The summed E-state index contributed by atoms with van der Waals surface area (Å²) in [6.45, 7) is 5.83. The molecule has 6 nitrogen and oxygen atoms in total. The molecule has 0 atom stereocenters. The molecule has 3 rings (SSSR count). The quantitative estimate of drug-likeness (QED) is 0.0485. The van der Waals surface area contributed by atoms with Crippen LogP contribution >= 0.6 is 0 Å².